The van der Waals surface area contributed by atoms with Gasteiger partial charge in [-0.1, -0.05) is 41.0 Å². The number of rotatable bonds is 5. The zero-order chi connectivity index (χ0) is 14.0. The molecule has 0 bridgehead atoms. The van der Waals surface area contributed by atoms with Crippen LogP contribution in [-0.2, 0) is 6.54 Å². The molecule has 1 N–H and O–H groups in total. The van der Waals surface area contributed by atoms with Crippen molar-refractivity contribution >= 4 is 11.3 Å². The van der Waals surface area contributed by atoms with Crippen LogP contribution in [0, 0.1) is 5.92 Å². The SMILES string of the molecule is CC1CCC(c2nc(C(C)C)c(CNC(C)C)s2)C1. The summed E-state index contributed by atoms with van der Waals surface area (Å²) in [7, 11) is 0. The molecule has 0 radical (unpaired) electrons. The van der Waals surface area contributed by atoms with Crippen LogP contribution in [0.15, 0.2) is 0 Å². The smallest absolute Gasteiger partial charge is 0.0962 e. The monoisotopic (exact) mass is 280 g/mol. The van der Waals surface area contributed by atoms with Gasteiger partial charge in [-0.15, -0.1) is 11.3 Å². The third-order valence-corrected chi connectivity index (χ3v) is 5.24. The van der Waals surface area contributed by atoms with Crippen LogP contribution in [0.5, 0.6) is 0 Å². The molecule has 1 aliphatic rings. The van der Waals surface area contributed by atoms with Gasteiger partial charge in [0.25, 0.3) is 0 Å². The number of hydrogen-bond donors (Lipinski definition) is 1. The summed E-state index contributed by atoms with van der Waals surface area (Å²) in [5.74, 6) is 2.15. The normalized spacial score (nSPS) is 23.7. The molecule has 0 spiro atoms. The summed E-state index contributed by atoms with van der Waals surface area (Å²) >= 11 is 1.96. The van der Waals surface area contributed by atoms with Crippen LogP contribution in [0.25, 0.3) is 0 Å². The Morgan fingerprint density at radius 2 is 2.00 bits per heavy atom. The molecule has 1 saturated carbocycles. The van der Waals surface area contributed by atoms with E-state index in [-0.39, 0.29) is 0 Å². The summed E-state index contributed by atoms with van der Waals surface area (Å²) in [4.78, 5) is 6.44. The summed E-state index contributed by atoms with van der Waals surface area (Å²) in [6.07, 6.45) is 4.05. The van der Waals surface area contributed by atoms with Crippen LogP contribution < -0.4 is 5.32 Å². The molecule has 1 aliphatic carbocycles. The minimum Gasteiger partial charge on any atom is -0.310 e. The van der Waals surface area contributed by atoms with Crippen molar-refractivity contribution in [2.24, 2.45) is 5.92 Å². The lowest BCUT2D eigenvalue weighted by atomic mass is 10.1. The zero-order valence-electron chi connectivity index (χ0n) is 13.0. The van der Waals surface area contributed by atoms with Crippen LogP contribution in [0.4, 0.5) is 0 Å². The molecule has 2 nitrogen and oxygen atoms in total. The molecule has 1 fully saturated rings. The molecule has 2 unspecified atom stereocenters. The van der Waals surface area contributed by atoms with Crippen molar-refractivity contribution in [2.45, 2.75) is 78.3 Å². The molecular weight excluding hydrogens is 252 g/mol. The fraction of sp³-hybridized carbons (Fsp3) is 0.812. The van der Waals surface area contributed by atoms with Gasteiger partial charge >= 0.3 is 0 Å². The lowest BCUT2D eigenvalue weighted by molar-refractivity contribution is 0.587. The van der Waals surface area contributed by atoms with E-state index < -0.39 is 0 Å². The first kappa shape index (κ1) is 15.0. The average Bonchev–Trinajstić information content (AvgIpc) is 2.92. The minimum absolute atomic E-state index is 0.535. The fourth-order valence-corrected chi connectivity index (χ4v) is 4.18. The summed E-state index contributed by atoms with van der Waals surface area (Å²) in [6.45, 7) is 12.3. The van der Waals surface area contributed by atoms with E-state index in [4.69, 9.17) is 4.98 Å². The number of nitrogens with one attached hydrogen (secondary N) is 1. The third-order valence-electron chi connectivity index (χ3n) is 4.01. The molecule has 108 valence electrons. The Kier molecular flexibility index (Phi) is 5.02. The minimum atomic E-state index is 0.535. The van der Waals surface area contributed by atoms with Gasteiger partial charge < -0.3 is 5.32 Å². The molecule has 0 saturated heterocycles. The molecule has 1 heterocycles. The molecule has 2 atom stereocenters. The number of aromatic nitrogens is 1. The van der Waals surface area contributed by atoms with Gasteiger partial charge in [-0.3, -0.25) is 0 Å². The van der Waals surface area contributed by atoms with Gasteiger partial charge in [0.05, 0.1) is 10.7 Å². The van der Waals surface area contributed by atoms with E-state index in [1.165, 1.54) is 34.8 Å². The maximum absolute atomic E-state index is 4.98. The lowest BCUT2D eigenvalue weighted by Gasteiger charge is -2.09. The highest BCUT2D eigenvalue weighted by molar-refractivity contribution is 7.11. The lowest BCUT2D eigenvalue weighted by Crippen LogP contribution is -2.22. The van der Waals surface area contributed by atoms with E-state index in [1.54, 1.807) is 0 Å². The molecular formula is C16H28N2S. The maximum atomic E-state index is 4.98. The average molecular weight is 280 g/mol. The molecule has 3 heteroatoms. The first-order valence-corrected chi connectivity index (χ1v) is 8.51. The summed E-state index contributed by atoms with van der Waals surface area (Å²) in [5.41, 5.74) is 1.33. The molecule has 2 rings (SSSR count). The third kappa shape index (κ3) is 3.79. The summed E-state index contributed by atoms with van der Waals surface area (Å²) in [5, 5.41) is 4.94. The van der Waals surface area contributed by atoms with Crippen LogP contribution in [0.3, 0.4) is 0 Å². The highest BCUT2D eigenvalue weighted by Gasteiger charge is 2.27. The second-order valence-electron chi connectivity index (χ2n) is 6.67. The molecule has 0 amide bonds. The highest BCUT2D eigenvalue weighted by atomic mass is 32.1. The number of hydrogen-bond acceptors (Lipinski definition) is 3. The fourth-order valence-electron chi connectivity index (χ4n) is 2.86. The van der Waals surface area contributed by atoms with Gasteiger partial charge in [0.1, 0.15) is 0 Å². The van der Waals surface area contributed by atoms with Crippen molar-refractivity contribution in [3.05, 3.63) is 15.6 Å². The van der Waals surface area contributed by atoms with E-state index in [2.05, 4.69) is 39.9 Å². The van der Waals surface area contributed by atoms with Crippen molar-refractivity contribution in [3.63, 3.8) is 0 Å². The van der Waals surface area contributed by atoms with Crippen LogP contribution in [0.1, 0.15) is 81.3 Å². The Morgan fingerprint density at radius 1 is 1.26 bits per heavy atom. The molecule has 0 aliphatic heterocycles. The highest BCUT2D eigenvalue weighted by Crippen LogP contribution is 2.41. The van der Waals surface area contributed by atoms with Crippen LogP contribution >= 0.6 is 11.3 Å². The van der Waals surface area contributed by atoms with Crippen molar-refractivity contribution in [3.8, 4) is 0 Å². The van der Waals surface area contributed by atoms with Gasteiger partial charge in [-0.25, -0.2) is 4.98 Å². The number of nitrogens with zero attached hydrogens (tertiary/aromatic N) is 1. The second-order valence-corrected chi connectivity index (χ2v) is 7.78. The quantitative estimate of drug-likeness (QED) is 0.848. The van der Waals surface area contributed by atoms with Crippen molar-refractivity contribution in [1.82, 2.24) is 10.3 Å². The van der Waals surface area contributed by atoms with E-state index in [1.807, 2.05) is 11.3 Å². The Morgan fingerprint density at radius 3 is 2.53 bits per heavy atom. The molecule has 0 aromatic carbocycles. The Hall–Kier alpha value is -0.410. The van der Waals surface area contributed by atoms with Crippen LogP contribution in [0.2, 0.25) is 0 Å². The standard InChI is InChI=1S/C16H28N2S/c1-10(2)15-14(9-17-11(3)4)19-16(18-15)13-7-6-12(5)8-13/h10-13,17H,6-9H2,1-5H3. The van der Waals surface area contributed by atoms with Crippen LogP contribution in [-0.4, -0.2) is 11.0 Å². The van der Waals surface area contributed by atoms with Gasteiger partial charge in [0.15, 0.2) is 0 Å². The Bertz CT molecular complexity index is 409. The Balaban J connectivity index is 2.15. The largest absolute Gasteiger partial charge is 0.310 e. The van der Waals surface area contributed by atoms with E-state index in [9.17, 15) is 0 Å². The zero-order valence-corrected chi connectivity index (χ0v) is 13.8. The van der Waals surface area contributed by atoms with Crippen molar-refractivity contribution in [2.75, 3.05) is 0 Å². The Labute approximate surface area is 122 Å². The second kappa shape index (κ2) is 6.36. The predicted octanol–water partition coefficient (Wildman–Crippen LogP) is 4.67. The van der Waals surface area contributed by atoms with E-state index in [0.29, 0.717) is 12.0 Å². The topological polar surface area (TPSA) is 24.9 Å². The van der Waals surface area contributed by atoms with Gasteiger partial charge in [-0.2, -0.15) is 0 Å². The van der Waals surface area contributed by atoms with Gasteiger partial charge in [0, 0.05) is 23.4 Å². The van der Waals surface area contributed by atoms with Gasteiger partial charge in [0.2, 0.25) is 0 Å². The molecule has 19 heavy (non-hydrogen) atoms. The first-order chi connectivity index (χ1) is 8.97. The summed E-state index contributed by atoms with van der Waals surface area (Å²) < 4.78 is 0. The predicted molar refractivity (Wildman–Crippen MR) is 83.9 cm³/mol. The first-order valence-electron chi connectivity index (χ1n) is 7.70. The van der Waals surface area contributed by atoms with Gasteiger partial charge in [-0.05, 0) is 24.7 Å². The maximum Gasteiger partial charge on any atom is 0.0962 e. The van der Waals surface area contributed by atoms with Crippen molar-refractivity contribution < 1.29 is 0 Å². The van der Waals surface area contributed by atoms with E-state index in [0.717, 1.165) is 18.4 Å². The summed E-state index contributed by atoms with van der Waals surface area (Å²) in [6, 6.07) is 0.539. The number of thiazole rings is 1. The molecule has 1 aromatic heterocycles. The van der Waals surface area contributed by atoms with Crippen molar-refractivity contribution in [1.29, 1.82) is 0 Å². The molecule has 1 aromatic rings. The van der Waals surface area contributed by atoms with E-state index >= 15 is 0 Å².